The second-order valence-corrected chi connectivity index (χ2v) is 5.37. The summed E-state index contributed by atoms with van der Waals surface area (Å²) < 4.78 is 0. The molecule has 1 aliphatic heterocycles. The van der Waals surface area contributed by atoms with Gasteiger partial charge in [0, 0.05) is 12.6 Å². The van der Waals surface area contributed by atoms with E-state index >= 15 is 0 Å². The van der Waals surface area contributed by atoms with Crippen LogP contribution in [0, 0.1) is 5.41 Å². The van der Waals surface area contributed by atoms with Gasteiger partial charge in [0.2, 0.25) is 5.91 Å². The molecule has 0 spiro atoms. The monoisotopic (exact) mass is 198 g/mol. The molecule has 1 saturated heterocycles. The Kier molecular flexibility index (Phi) is 3.20. The lowest BCUT2D eigenvalue weighted by Gasteiger charge is -2.31. The van der Waals surface area contributed by atoms with Gasteiger partial charge in [-0.2, -0.15) is 0 Å². The predicted molar refractivity (Wildman–Crippen MR) is 57.8 cm³/mol. The van der Waals surface area contributed by atoms with Crippen molar-refractivity contribution in [2.24, 2.45) is 11.1 Å². The zero-order valence-electron chi connectivity index (χ0n) is 9.71. The summed E-state index contributed by atoms with van der Waals surface area (Å²) >= 11 is 0. The summed E-state index contributed by atoms with van der Waals surface area (Å²) in [5.41, 5.74) is 5.81. The average molecular weight is 198 g/mol. The Bertz CT molecular complexity index is 216. The summed E-state index contributed by atoms with van der Waals surface area (Å²) in [7, 11) is 0. The Morgan fingerprint density at radius 1 is 1.50 bits per heavy atom. The SMILES string of the molecule is C[C@@H]1CCCN1C(=O)[C@@H](N)C(C)(C)C. The molecule has 3 nitrogen and oxygen atoms in total. The van der Waals surface area contributed by atoms with E-state index in [9.17, 15) is 4.79 Å². The summed E-state index contributed by atoms with van der Waals surface area (Å²) in [6.45, 7) is 9.01. The maximum absolute atomic E-state index is 12.0. The lowest BCUT2D eigenvalue weighted by atomic mass is 9.86. The van der Waals surface area contributed by atoms with Crippen LogP contribution in [0.5, 0.6) is 0 Å². The summed E-state index contributed by atoms with van der Waals surface area (Å²) in [5.74, 6) is 0.113. The van der Waals surface area contributed by atoms with Gasteiger partial charge in [-0.1, -0.05) is 20.8 Å². The van der Waals surface area contributed by atoms with Crippen LogP contribution in [0.25, 0.3) is 0 Å². The van der Waals surface area contributed by atoms with Crippen molar-refractivity contribution in [3.8, 4) is 0 Å². The van der Waals surface area contributed by atoms with Crippen LogP contribution in [0.4, 0.5) is 0 Å². The van der Waals surface area contributed by atoms with E-state index in [4.69, 9.17) is 5.73 Å². The highest BCUT2D eigenvalue weighted by Crippen LogP contribution is 2.23. The molecule has 0 bridgehead atoms. The standard InChI is InChI=1S/C11H22N2O/c1-8-6-5-7-13(8)10(14)9(12)11(2,3)4/h8-9H,5-7,12H2,1-4H3/t8-,9-/m1/s1. The van der Waals surface area contributed by atoms with E-state index in [1.165, 1.54) is 0 Å². The second-order valence-electron chi connectivity index (χ2n) is 5.37. The third-order valence-corrected chi connectivity index (χ3v) is 3.04. The Labute approximate surface area is 86.6 Å². The highest BCUT2D eigenvalue weighted by molar-refractivity contribution is 5.83. The molecule has 2 atom stereocenters. The molecule has 0 aromatic heterocycles. The molecule has 1 rings (SSSR count). The number of nitrogens with zero attached hydrogens (tertiary/aromatic N) is 1. The Hall–Kier alpha value is -0.570. The van der Waals surface area contributed by atoms with Crippen LogP contribution in [-0.2, 0) is 4.79 Å². The fourth-order valence-corrected chi connectivity index (χ4v) is 1.81. The molecule has 1 fully saturated rings. The number of rotatable bonds is 1. The maximum Gasteiger partial charge on any atom is 0.240 e. The highest BCUT2D eigenvalue weighted by atomic mass is 16.2. The molecule has 0 radical (unpaired) electrons. The van der Waals surface area contributed by atoms with Gasteiger partial charge in [0.05, 0.1) is 6.04 Å². The molecule has 0 aromatic rings. The molecule has 1 amide bonds. The van der Waals surface area contributed by atoms with E-state index in [2.05, 4.69) is 6.92 Å². The summed E-state index contributed by atoms with van der Waals surface area (Å²) in [6, 6.07) is -0.000972. The van der Waals surface area contributed by atoms with Crippen molar-refractivity contribution < 1.29 is 4.79 Å². The first-order chi connectivity index (χ1) is 6.34. The molecular weight excluding hydrogens is 176 g/mol. The van der Waals surface area contributed by atoms with Crippen molar-refractivity contribution in [2.45, 2.75) is 52.6 Å². The largest absolute Gasteiger partial charge is 0.339 e. The van der Waals surface area contributed by atoms with Gasteiger partial charge < -0.3 is 10.6 Å². The van der Waals surface area contributed by atoms with Crippen LogP contribution in [0.15, 0.2) is 0 Å². The number of amides is 1. The van der Waals surface area contributed by atoms with Crippen molar-refractivity contribution in [1.82, 2.24) is 4.90 Å². The number of carbonyl (C=O) groups excluding carboxylic acids is 1. The quantitative estimate of drug-likeness (QED) is 0.691. The lowest BCUT2D eigenvalue weighted by molar-refractivity contribution is -0.135. The van der Waals surface area contributed by atoms with Gasteiger partial charge in [0.15, 0.2) is 0 Å². The van der Waals surface area contributed by atoms with E-state index in [0.717, 1.165) is 19.4 Å². The fourth-order valence-electron chi connectivity index (χ4n) is 1.81. The first-order valence-electron chi connectivity index (χ1n) is 5.40. The van der Waals surface area contributed by atoms with Gasteiger partial charge in [0.25, 0.3) is 0 Å². The van der Waals surface area contributed by atoms with E-state index in [-0.39, 0.29) is 17.4 Å². The third kappa shape index (κ3) is 2.27. The molecule has 2 N–H and O–H groups in total. The van der Waals surface area contributed by atoms with Gasteiger partial charge in [-0.15, -0.1) is 0 Å². The normalized spacial score (nSPS) is 25.2. The van der Waals surface area contributed by atoms with Gasteiger partial charge in [-0.05, 0) is 25.2 Å². The topological polar surface area (TPSA) is 46.3 Å². The lowest BCUT2D eigenvalue weighted by Crippen LogP contribution is -2.51. The van der Waals surface area contributed by atoms with E-state index in [1.54, 1.807) is 0 Å². The van der Waals surface area contributed by atoms with Crippen LogP contribution in [0.1, 0.15) is 40.5 Å². The molecule has 0 unspecified atom stereocenters. The molecule has 1 heterocycles. The Balaban J connectivity index is 2.65. The second kappa shape index (κ2) is 3.89. The number of hydrogen-bond acceptors (Lipinski definition) is 2. The zero-order valence-corrected chi connectivity index (χ0v) is 9.71. The smallest absolute Gasteiger partial charge is 0.240 e. The van der Waals surface area contributed by atoms with E-state index < -0.39 is 0 Å². The molecule has 0 saturated carbocycles. The minimum Gasteiger partial charge on any atom is -0.339 e. The van der Waals surface area contributed by atoms with E-state index in [1.807, 2.05) is 25.7 Å². The first-order valence-corrected chi connectivity index (χ1v) is 5.40. The predicted octanol–water partition coefficient (Wildman–Crippen LogP) is 1.37. The Morgan fingerprint density at radius 2 is 2.07 bits per heavy atom. The van der Waals surface area contributed by atoms with Crippen molar-refractivity contribution in [1.29, 1.82) is 0 Å². The summed E-state index contributed by atoms with van der Waals surface area (Å²) in [4.78, 5) is 13.9. The maximum atomic E-state index is 12.0. The Morgan fingerprint density at radius 3 is 2.43 bits per heavy atom. The number of likely N-dealkylation sites (tertiary alicyclic amines) is 1. The molecule has 0 aromatic carbocycles. The summed E-state index contributed by atoms with van der Waals surface area (Å²) in [5, 5.41) is 0. The van der Waals surface area contributed by atoms with Crippen molar-refractivity contribution in [3.63, 3.8) is 0 Å². The van der Waals surface area contributed by atoms with Gasteiger partial charge >= 0.3 is 0 Å². The van der Waals surface area contributed by atoms with Crippen LogP contribution >= 0.6 is 0 Å². The minimum absolute atomic E-state index is 0.113. The van der Waals surface area contributed by atoms with Crippen molar-refractivity contribution in [3.05, 3.63) is 0 Å². The van der Waals surface area contributed by atoms with Gasteiger partial charge in [-0.25, -0.2) is 0 Å². The number of hydrogen-bond donors (Lipinski definition) is 1. The van der Waals surface area contributed by atoms with Crippen molar-refractivity contribution >= 4 is 5.91 Å². The summed E-state index contributed by atoms with van der Waals surface area (Å²) in [6.07, 6.45) is 2.23. The number of nitrogens with two attached hydrogens (primary N) is 1. The van der Waals surface area contributed by atoms with Crippen molar-refractivity contribution in [2.75, 3.05) is 6.54 Å². The third-order valence-electron chi connectivity index (χ3n) is 3.04. The highest BCUT2D eigenvalue weighted by Gasteiger charge is 2.34. The van der Waals surface area contributed by atoms with Crippen LogP contribution in [0.3, 0.4) is 0 Å². The molecule has 3 heteroatoms. The minimum atomic E-state index is -0.372. The van der Waals surface area contributed by atoms with Crippen LogP contribution < -0.4 is 5.73 Å². The van der Waals surface area contributed by atoms with Crippen LogP contribution in [0.2, 0.25) is 0 Å². The molecular formula is C11H22N2O. The average Bonchev–Trinajstić information content (AvgIpc) is 2.47. The zero-order chi connectivity index (χ0) is 10.9. The van der Waals surface area contributed by atoms with Crippen LogP contribution in [-0.4, -0.2) is 29.4 Å². The van der Waals surface area contributed by atoms with E-state index in [0.29, 0.717) is 6.04 Å². The first kappa shape index (κ1) is 11.5. The van der Waals surface area contributed by atoms with Gasteiger partial charge in [-0.3, -0.25) is 4.79 Å². The molecule has 1 aliphatic rings. The number of carbonyl (C=O) groups is 1. The molecule has 0 aliphatic carbocycles. The van der Waals surface area contributed by atoms with Gasteiger partial charge in [0.1, 0.15) is 0 Å². The molecule has 82 valence electrons. The fraction of sp³-hybridized carbons (Fsp3) is 0.909. The molecule has 14 heavy (non-hydrogen) atoms.